The summed E-state index contributed by atoms with van der Waals surface area (Å²) in [7, 11) is 0. The number of benzene rings is 3. The van der Waals surface area contributed by atoms with Gasteiger partial charge >= 0.3 is 11.9 Å². The third-order valence-corrected chi connectivity index (χ3v) is 5.12. The molecule has 31 heavy (non-hydrogen) atoms. The van der Waals surface area contributed by atoms with Crippen molar-refractivity contribution < 1.29 is 23.5 Å². The molecule has 0 heterocycles. The first kappa shape index (κ1) is 22.2. The number of carbonyl (C=O) groups is 2. The van der Waals surface area contributed by atoms with Gasteiger partial charge in [0.15, 0.2) is 0 Å². The molecule has 0 aliphatic heterocycles. The van der Waals surface area contributed by atoms with Crippen molar-refractivity contribution >= 4 is 11.9 Å². The number of rotatable bonds is 7. The zero-order chi connectivity index (χ0) is 22.4. The van der Waals surface area contributed by atoms with E-state index in [2.05, 4.69) is 6.92 Å². The quantitative estimate of drug-likeness (QED) is 0.336. The normalized spacial score (nSPS) is 11.6. The van der Waals surface area contributed by atoms with Gasteiger partial charge < -0.3 is 9.47 Å². The van der Waals surface area contributed by atoms with Gasteiger partial charge in [0.2, 0.25) is 0 Å². The van der Waals surface area contributed by atoms with Gasteiger partial charge in [0, 0.05) is 0 Å². The van der Waals surface area contributed by atoms with Crippen LogP contribution in [0, 0.1) is 18.7 Å². The summed E-state index contributed by atoms with van der Waals surface area (Å²) in [5.41, 5.74) is 2.94. The Labute approximate surface area is 181 Å². The minimum absolute atomic E-state index is 0.156. The largest absolute Gasteiger partial charge is 0.462 e. The lowest BCUT2D eigenvalue weighted by Gasteiger charge is -2.10. The first-order chi connectivity index (χ1) is 14.9. The van der Waals surface area contributed by atoms with E-state index in [1.54, 1.807) is 37.3 Å². The molecule has 0 fully saturated rings. The fraction of sp³-hybridized carbons (Fsp3) is 0.231. The lowest BCUT2D eigenvalue weighted by molar-refractivity contribution is 0.0447. The van der Waals surface area contributed by atoms with Crippen LogP contribution in [0.25, 0.3) is 11.1 Å². The maximum absolute atomic E-state index is 13.7. The van der Waals surface area contributed by atoms with E-state index in [1.165, 1.54) is 12.1 Å². The van der Waals surface area contributed by atoms with Crippen LogP contribution < -0.4 is 4.74 Å². The van der Waals surface area contributed by atoms with E-state index in [9.17, 15) is 14.0 Å². The van der Waals surface area contributed by atoms with Gasteiger partial charge in [0.05, 0.1) is 17.7 Å². The lowest BCUT2D eigenvalue weighted by atomic mass is 10.0. The summed E-state index contributed by atoms with van der Waals surface area (Å²) in [6, 6.07) is 18.4. The molecular weight excluding hydrogens is 395 g/mol. The fourth-order valence-electron chi connectivity index (χ4n) is 2.82. The molecular formula is C26H25FO4. The van der Waals surface area contributed by atoms with Crippen LogP contribution in [0.1, 0.15) is 46.5 Å². The maximum atomic E-state index is 13.7. The molecule has 0 aliphatic carbocycles. The van der Waals surface area contributed by atoms with Crippen LogP contribution in [-0.2, 0) is 4.74 Å². The van der Waals surface area contributed by atoms with Crippen molar-refractivity contribution in [3.63, 3.8) is 0 Å². The summed E-state index contributed by atoms with van der Waals surface area (Å²) in [6.45, 7) is 6.14. The molecule has 3 aromatic rings. The first-order valence-corrected chi connectivity index (χ1v) is 10.2. The van der Waals surface area contributed by atoms with Crippen molar-refractivity contribution in [3.05, 3.63) is 89.2 Å². The standard InChI is InChI=1S/C26H25FO4/c1-4-17(2)16-30-25(28)21-9-7-19(8-10-21)20-11-13-23(14-12-20)31-26(29)22-6-5-18(3)24(27)15-22/h5-15,17H,4,16H2,1-3H3. The van der Waals surface area contributed by atoms with Crippen LogP contribution in [0.5, 0.6) is 5.75 Å². The van der Waals surface area contributed by atoms with Crippen molar-refractivity contribution in [3.8, 4) is 16.9 Å². The summed E-state index contributed by atoms with van der Waals surface area (Å²) in [6.07, 6.45) is 0.958. The molecule has 0 bridgehead atoms. The van der Waals surface area contributed by atoms with Crippen molar-refractivity contribution in [2.24, 2.45) is 5.92 Å². The van der Waals surface area contributed by atoms with Crippen LogP contribution in [0.15, 0.2) is 66.7 Å². The lowest BCUT2D eigenvalue weighted by Crippen LogP contribution is -2.11. The Morgan fingerprint density at radius 2 is 1.45 bits per heavy atom. The van der Waals surface area contributed by atoms with Crippen molar-refractivity contribution in [1.82, 2.24) is 0 Å². The molecule has 3 rings (SSSR count). The minimum Gasteiger partial charge on any atom is -0.462 e. The Balaban J connectivity index is 1.63. The van der Waals surface area contributed by atoms with E-state index in [0.29, 0.717) is 29.4 Å². The fourth-order valence-corrected chi connectivity index (χ4v) is 2.82. The van der Waals surface area contributed by atoms with E-state index in [4.69, 9.17) is 9.47 Å². The highest BCUT2D eigenvalue weighted by atomic mass is 19.1. The Hall–Kier alpha value is -3.47. The molecule has 1 atom stereocenters. The number of aryl methyl sites for hydroxylation is 1. The molecule has 0 aliphatic rings. The minimum atomic E-state index is -0.619. The molecule has 4 nitrogen and oxygen atoms in total. The Morgan fingerprint density at radius 3 is 2.03 bits per heavy atom. The Morgan fingerprint density at radius 1 is 0.871 bits per heavy atom. The summed E-state index contributed by atoms with van der Waals surface area (Å²) >= 11 is 0. The highest BCUT2D eigenvalue weighted by Gasteiger charge is 2.12. The van der Waals surface area contributed by atoms with E-state index in [-0.39, 0.29) is 11.5 Å². The molecule has 0 saturated carbocycles. The Bertz CT molecular complexity index is 1060. The number of esters is 2. The predicted molar refractivity (Wildman–Crippen MR) is 118 cm³/mol. The molecule has 0 spiro atoms. The van der Waals surface area contributed by atoms with E-state index < -0.39 is 11.8 Å². The topological polar surface area (TPSA) is 52.6 Å². The van der Waals surface area contributed by atoms with Gasteiger partial charge in [-0.15, -0.1) is 0 Å². The monoisotopic (exact) mass is 420 g/mol. The van der Waals surface area contributed by atoms with Gasteiger partial charge in [-0.2, -0.15) is 0 Å². The Kier molecular flexibility index (Phi) is 7.19. The molecule has 5 heteroatoms. The van der Waals surface area contributed by atoms with Crippen molar-refractivity contribution in [1.29, 1.82) is 0 Å². The molecule has 0 amide bonds. The number of hydrogen-bond donors (Lipinski definition) is 0. The average Bonchev–Trinajstić information content (AvgIpc) is 2.79. The second-order valence-corrected chi connectivity index (χ2v) is 7.57. The molecule has 0 N–H and O–H groups in total. The highest BCUT2D eigenvalue weighted by molar-refractivity contribution is 5.91. The maximum Gasteiger partial charge on any atom is 0.343 e. The van der Waals surface area contributed by atoms with Gasteiger partial charge in [-0.05, 0) is 65.9 Å². The molecule has 0 aromatic heterocycles. The molecule has 0 saturated heterocycles. The number of ether oxygens (including phenoxy) is 2. The van der Waals surface area contributed by atoms with Crippen LogP contribution >= 0.6 is 0 Å². The van der Waals surface area contributed by atoms with Gasteiger partial charge in [-0.3, -0.25) is 0 Å². The van der Waals surface area contributed by atoms with Gasteiger partial charge in [0.1, 0.15) is 11.6 Å². The highest BCUT2D eigenvalue weighted by Crippen LogP contribution is 2.24. The van der Waals surface area contributed by atoms with Crippen LogP contribution in [0.2, 0.25) is 0 Å². The molecule has 1 unspecified atom stereocenters. The summed E-state index contributed by atoms with van der Waals surface area (Å²) < 4.78 is 24.3. The van der Waals surface area contributed by atoms with Crippen LogP contribution in [-0.4, -0.2) is 18.5 Å². The smallest absolute Gasteiger partial charge is 0.343 e. The molecule has 3 aromatic carbocycles. The molecule has 0 radical (unpaired) electrons. The van der Waals surface area contributed by atoms with Gasteiger partial charge in [-0.1, -0.05) is 50.6 Å². The first-order valence-electron chi connectivity index (χ1n) is 10.2. The second kappa shape index (κ2) is 10.0. The summed E-state index contributed by atoms with van der Waals surface area (Å²) in [5, 5.41) is 0. The van der Waals surface area contributed by atoms with Gasteiger partial charge in [-0.25, -0.2) is 14.0 Å². The number of halogens is 1. The zero-order valence-electron chi connectivity index (χ0n) is 17.9. The van der Waals surface area contributed by atoms with Gasteiger partial charge in [0.25, 0.3) is 0 Å². The third kappa shape index (κ3) is 5.79. The van der Waals surface area contributed by atoms with E-state index >= 15 is 0 Å². The number of hydrogen-bond acceptors (Lipinski definition) is 4. The van der Waals surface area contributed by atoms with E-state index in [0.717, 1.165) is 17.5 Å². The third-order valence-electron chi connectivity index (χ3n) is 5.12. The summed E-state index contributed by atoms with van der Waals surface area (Å²) in [5.74, 6) is -0.702. The molecule has 160 valence electrons. The van der Waals surface area contributed by atoms with Crippen LogP contribution in [0.3, 0.4) is 0 Å². The van der Waals surface area contributed by atoms with Crippen molar-refractivity contribution in [2.75, 3.05) is 6.61 Å². The zero-order valence-corrected chi connectivity index (χ0v) is 17.9. The second-order valence-electron chi connectivity index (χ2n) is 7.57. The van der Waals surface area contributed by atoms with Crippen LogP contribution in [0.4, 0.5) is 4.39 Å². The van der Waals surface area contributed by atoms with E-state index in [1.807, 2.05) is 31.2 Å². The predicted octanol–water partition coefficient (Wildman–Crippen LogP) is 6.22. The number of carbonyl (C=O) groups excluding carboxylic acids is 2. The van der Waals surface area contributed by atoms with Crippen molar-refractivity contribution in [2.45, 2.75) is 27.2 Å². The average molecular weight is 420 g/mol. The SMILES string of the molecule is CCC(C)COC(=O)c1ccc(-c2ccc(OC(=O)c3ccc(C)c(F)c3)cc2)cc1. The summed E-state index contributed by atoms with van der Waals surface area (Å²) in [4.78, 5) is 24.3.